The van der Waals surface area contributed by atoms with E-state index in [4.69, 9.17) is 21.1 Å². The number of nitrogens with zero attached hydrogens (tertiary/aromatic N) is 3. The Labute approximate surface area is 199 Å². The molecule has 0 unspecified atom stereocenters. The molecule has 2 aliphatic heterocycles. The van der Waals surface area contributed by atoms with E-state index < -0.39 is 10.8 Å². The number of nitrogens with one attached hydrogen (secondary N) is 1. The first-order chi connectivity index (χ1) is 15.8. The number of halogens is 1. The van der Waals surface area contributed by atoms with E-state index in [1.807, 2.05) is 12.1 Å². The predicted octanol–water partition coefficient (Wildman–Crippen LogP) is 2.93. The van der Waals surface area contributed by atoms with Gasteiger partial charge in [0.1, 0.15) is 6.61 Å². The van der Waals surface area contributed by atoms with Crippen LogP contribution in [0.5, 0.6) is 11.5 Å². The SMILES string of the molecule is COc1ccccc1OCCN1C(=O)[C@@]2(SC(NC(C)=O)=NN2C(C)=O)c2cc(Cl)ccc21. The number of ether oxygens (including phenoxy) is 2. The van der Waals surface area contributed by atoms with Gasteiger partial charge in [0.05, 0.1) is 19.3 Å². The van der Waals surface area contributed by atoms with Crippen LogP contribution in [0.15, 0.2) is 47.6 Å². The van der Waals surface area contributed by atoms with Crippen LogP contribution in [0.1, 0.15) is 19.4 Å². The number of benzene rings is 2. The van der Waals surface area contributed by atoms with Crippen LogP contribution in [0, 0.1) is 0 Å². The number of hydrazone groups is 1. The predicted molar refractivity (Wildman–Crippen MR) is 125 cm³/mol. The number of methoxy groups -OCH3 is 1. The quantitative estimate of drug-likeness (QED) is 0.694. The van der Waals surface area contributed by atoms with Gasteiger partial charge < -0.3 is 19.7 Å². The number of thioether (sulfide) groups is 1. The van der Waals surface area contributed by atoms with E-state index in [9.17, 15) is 14.4 Å². The van der Waals surface area contributed by atoms with E-state index in [2.05, 4.69) is 10.4 Å². The Morgan fingerprint density at radius 1 is 1.18 bits per heavy atom. The van der Waals surface area contributed by atoms with Gasteiger partial charge in [-0.25, -0.2) is 0 Å². The van der Waals surface area contributed by atoms with Crippen molar-refractivity contribution in [2.75, 3.05) is 25.2 Å². The molecule has 0 saturated carbocycles. The summed E-state index contributed by atoms with van der Waals surface area (Å²) in [5, 5.41) is 8.46. The fourth-order valence-electron chi connectivity index (χ4n) is 3.79. The summed E-state index contributed by atoms with van der Waals surface area (Å²) in [5.41, 5.74) is 1.10. The van der Waals surface area contributed by atoms with Crippen molar-refractivity contribution in [2.45, 2.75) is 18.7 Å². The van der Waals surface area contributed by atoms with E-state index in [1.165, 1.54) is 18.7 Å². The van der Waals surface area contributed by atoms with E-state index in [0.29, 0.717) is 27.8 Å². The molecule has 0 bridgehead atoms. The fourth-order valence-corrected chi connectivity index (χ4v) is 5.29. The number of hydrogen-bond donors (Lipinski definition) is 1. The molecule has 33 heavy (non-hydrogen) atoms. The minimum Gasteiger partial charge on any atom is -0.493 e. The maximum absolute atomic E-state index is 13.8. The summed E-state index contributed by atoms with van der Waals surface area (Å²) in [6.07, 6.45) is 0. The lowest BCUT2D eigenvalue weighted by atomic mass is 10.1. The molecule has 2 aromatic rings. The zero-order valence-electron chi connectivity index (χ0n) is 18.1. The second kappa shape index (κ2) is 8.95. The first kappa shape index (κ1) is 22.9. The van der Waals surface area contributed by atoms with Crippen LogP contribution in [0.25, 0.3) is 0 Å². The van der Waals surface area contributed by atoms with Crippen LogP contribution in [0.3, 0.4) is 0 Å². The van der Waals surface area contributed by atoms with Crippen molar-refractivity contribution in [3.63, 3.8) is 0 Å². The Morgan fingerprint density at radius 3 is 2.58 bits per heavy atom. The highest BCUT2D eigenvalue weighted by molar-refractivity contribution is 8.15. The van der Waals surface area contributed by atoms with E-state index in [-0.39, 0.29) is 30.1 Å². The first-order valence-electron chi connectivity index (χ1n) is 10.0. The number of carbonyl (C=O) groups excluding carboxylic acids is 3. The molecule has 9 nitrogen and oxygen atoms in total. The van der Waals surface area contributed by atoms with Crippen molar-refractivity contribution < 1.29 is 23.9 Å². The van der Waals surface area contributed by atoms with Gasteiger partial charge in [-0.3, -0.25) is 14.4 Å². The molecule has 1 spiro atoms. The summed E-state index contributed by atoms with van der Waals surface area (Å²) >= 11 is 7.25. The molecule has 172 valence electrons. The van der Waals surface area contributed by atoms with Crippen LogP contribution in [0.2, 0.25) is 5.02 Å². The van der Waals surface area contributed by atoms with Gasteiger partial charge in [0, 0.05) is 24.4 Å². The standard InChI is InChI=1S/C22H21ClN4O5S/c1-13(28)24-21-25-27(14(2)29)22(33-21)16-12-15(23)8-9-17(16)26(20(22)30)10-11-32-19-7-5-4-6-18(19)31-3/h4-9,12H,10-11H2,1-3H3,(H,24,25,28)/t22-/m0/s1. The molecule has 2 heterocycles. The van der Waals surface area contributed by atoms with Crippen molar-refractivity contribution in [3.8, 4) is 11.5 Å². The third-order valence-electron chi connectivity index (χ3n) is 5.11. The first-order valence-corrected chi connectivity index (χ1v) is 11.2. The Bertz CT molecular complexity index is 1170. The van der Waals surface area contributed by atoms with Gasteiger partial charge in [-0.1, -0.05) is 23.7 Å². The van der Waals surface area contributed by atoms with Crippen LogP contribution < -0.4 is 19.7 Å². The summed E-state index contributed by atoms with van der Waals surface area (Å²) in [4.78, 5) is 38.0. The van der Waals surface area contributed by atoms with Gasteiger partial charge in [-0.2, -0.15) is 5.01 Å². The van der Waals surface area contributed by atoms with E-state index in [1.54, 1.807) is 37.4 Å². The van der Waals surface area contributed by atoms with E-state index in [0.717, 1.165) is 16.8 Å². The molecule has 0 saturated heterocycles. The van der Waals surface area contributed by atoms with Crippen LogP contribution in [-0.2, 0) is 19.3 Å². The zero-order chi connectivity index (χ0) is 23.8. The molecule has 0 radical (unpaired) electrons. The third-order valence-corrected chi connectivity index (χ3v) is 6.58. The van der Waals surface area contributed by atoms with Gasteiger partial charge in [-0.15, -0.1) is 5.10 Å². The minimum atomic E-state index is -1.51. The number of para-hydroxylation sites is 2. The second-order valence-electron chi connectivity index (χ2n) is 7.28. The second-order valence-corrected chi connectivity index (χ2v) is 8.90. The maximum Gasteiger partial charge on any atom is 0.270 e. The van der Waals surface area contributed by atoms with Crippen LogP contribution in [-0.4, -0.2) is 48.2 Å². The molecule has 3 amide bonds. The molecule has 1 N–H and O–H groups in total. The number of amidine groups is 1. The molecule has 0 aromatic heterocycles. The summed E-state index contributed by atoms with van der Waals surface area (Å²) in [6, 6.07) is 12.3. The fraction of sp³-hybridized carbons (Fsp3) is 0.273. The Balaban J connectivity index is 1.66. The molecule has 0 fully saturated rings. The van der Waals surface area contributed by atoms with Crippen molar-refractivity contribution in [1.29, 1.82) is 0 Å². The van der Waals surface area contributed by atoms with Crippen molar-refractivity contribution in [2.24, 2.45) is 5.10 Å². The third kappa shape index (κ3) is 4.00. The van der Waals surface area contributed by atoms with Gasteiger partial charge >= 0.3 is 0 Å². The number of anilines is 1. The Hall–Kier alpha value is -3.24. The number of amides is 3. The van der Waals surface area contributed by atoms with Crippen LogP contribution >= 0.6 is 23.4 Å². The van der Waals surface area contributed by atoms with Crippen molar-refractivity contribution in [3.05, 3.63) is 53.1 Å². The average molecular weight is 489 g/mol. The molecular weight excluding hydrogens is 468 g/mol. The lowest BCUT2D eigenvalue weighted by molar-refractivity contribution is -0.139. The Kier molecular flexibility index (Phi) is 6.22. The number of carbonyl (C=O) groups is 3. The van der Waals surface area contributed by atoms with Crippen molar-refractivity contribution >= 4 is 51.9 Å². The molecule has 2 aliphatic rings. The maximum atomic E-state index is 13.8. The molecule has 11 heteroatoms. The topological polar surface area (TPSA) is 101 Å². The molecule has 0 aliphatic carbocycles. The van der Waals surface area contributed by atoms with E-state index >= 15 is 0 Å². The lowest BCUT2D eigenvalue weighted by Crippen LogP contribution is -2.49. The summed E-state index contributed by atoms with van der Waals surface area (Å²) in [5.74, 6) is -0.0616. The van der Waals surface area contributed by atoms with Gasteiger partial charge in [0.2, 0.25) is 16.7 Å². The summed E-state index contributed by atoms with van der Waals surface area (Å²) in [7, 11) is 1.55. The molecule has 4 rings (SSSR count). The van der Waals surface area contributed by atoms with Crippen molar-refractivity contribution in [1.82, 2.24) is 10.3 Å². The normalized spacial score (nSPS) is 18.9. The zero-order valence-corrected chi connectivity index (χ0v) is 19.7. The number of fused-ring (bicyclic) bond motifs is 2. The van der Waals surface area contributed by atoms with Gasteiger partial charge in [-0.05, 0) is 42.1 Å². The highest BCUT2D eigenvalue weighted by Gasteiger charge is 2.61. The Morgan fingerprint density at radius 2 is 1.91 bits per heavy atom. The highest BCUT2D eigenvalue weighted by atomic mass is 35.5. The highest BCUT2D eigenvalue weighted by Crippen LogP contribution is 2.54. The molecule has 2 aromatic carbocycles. The number of hydrogen-bond acceptors (Lipinski definition) is 7. The smallest absolute Gasteiger partial charge is 0.270 e. The molecular formula is C22H21ClN4O5S. The summed E-state index contributed by atoms with van der Waals surface area (Å²) in [6.45, 7) is 3.02. The van der Waals surface area contributed by atoms with Gasteiger partial charge in [0.25, 0.3) is 5.91 Å². The van der Waals surface area contributed by atoms with Crippen LogP contribution in [0.4, 0.5) is 5.69 Å². The summed E-state index contributed by atoms with van der Waals surface area (Å²) < 4.78 is 11.2. The van der Waals surface area contributed by atoms with Gasteiger partial charge in [0.15, 0.2) is 16.7 Å². The lowest BCUT2D eigenvalue weighted by Gasteiger charge is -2.29. The minimum absolute atomic E-state index is 0.157. The largest absolute Gasteiger partial charge is 0.493 e. The number of rotatable bonds is 5. The average Bonchev–Trinajstić information content (AvgIpc) is 3.26. The monoisotopic (exact) mass is 488 g/mol. The molecule has 1 atom stereocenters.